The van der Waals surface area contributed by atoms with Gasteiger partial charge in [-0.05, 0) is 6.54 Å². The smallest absolute Gasteiger partial charge is 0.193 e. The Labute approximate surface area is 109 Å². The summed E-state index contributed by atoms with van der Waals surface area (Å²) in [4.78, 5) is 13.1. The van der Waals surface area contributed by atoms with Crippen molar-refractivity contribution in [3.63, 3.8) is 0 Å². The Morgan fingerprint density at radius 3 is 3.22 bits per heavy atom. The summed E-state index contributed by atoms with van der Waals surface area (Å²) in [6, 6.07) is 0.189. The van der Waals surface area contributed by atoms with Crippen LogP contribution in [0.5, 0.6) is 0 Å². The molecule has 2 N–H and O–H groups in total. The second-order valence-corrected chi connectivity index (χ2v) is 4.99. The zero-order chi connectivity index (χ0) is 12.4. The molecule has 0 aliphatic rings. The summed E-state index contributed by atoms with van der Waals surface area (Å²) < 4.78 is 2.06. The van der Waals surface area contributed by atoms with Crippen LogP contribution in [0.15, 0.2) is 30.2 Å². The third-order valence-electron chi connectivity index (χ3n) is 2.86. The van der Waals surface area contributed by atoms with E-state index in [1.165, 1.54) is 0 Å². The number of aromatic amines is 1. The molecule has 0 aliphatic heterocycles. The van der Waals surface area contributed by atoms with E-state index >= 15 is 0 Å². The van der Waals surface area contributed by atoms with E-state index in [0.29, 0.717) is 0 Å². The highest BCUT2D eigenvalue weighted by molar-refractivity contribution is 7.15. The van der Waals surface area contributed by atoms with Crippen molar-refractivity contribution < 1.29 is 0 Å². The molecule has 3 aromatic heterocycles. The fourth-order valence-corrected chi connectivity index (χ4v) is 2.78. The van der Waals surface area contributed by atoms with Crippen LogP contribution in [-0.2, 0) is 6.42 Å². The minimum Gasteiger partial charge on any atom is -0.347 e. The van der Waals surface area contributed by atoms with Crippen molar-refractivity contribution >= 4 is 16.3 Å². The normalized spacial score (nSPS) is 13.2. The Morgan fingerprint density at radius 1 is 1.56 bits per heavy atom. The summed E-state index contributed by atoms with van der Waals surface area (Å²) in [7, 11) is 0. The van der Waals surface area contributed by atoms with Gasteiger partial charge < -0.3 is 10.3 Å². The molecule has 0 saturated carbocycles. The van der Waals surface area contributed by atoms with E-state index in [2.05, 4.69) is 37.8 Å². The van der Waals surface area contributed by atoms with Crippen molar-refractivity contribution in [1.29, 1.82) is 0 Å². The molecule has 5 nitrogen and oxygen atoms in total. The van der Waals surface area contributed by atoms with Gasteiger partial charge in [-0.25, -0.2) is 9.97 Å². The average Bonchev–Trinajstić information content (AvgIpc) is 3.04. The number of fused-ring (bicyclic) bond motifs is 1. The van der Waals surface area contributed by atoms with Crippen LogP contribution in [0.4, 0.5) is 0 Å². The van der Waals surface area contributed by atoms with Gasteiger partial charge in [0.15, 0.2) is 4.96 Å². The molecule has 0 aliphatic carbocycles. The van der Waals surface area contributed by atoms with Crippen LogP contribution < -0.4 is 5.32 Å². The van der Waals surface area contributed by atoms with Gasteiger partial charge in [-0.15, -0.1) is 11.3 Å². The fourth-order valence-electron chi connectivity index (χ4n) is 2.06. The maximum absolute atomic E-state index is 4.60. The first-order valence-electron chi connectivity index (χ1n) is 6.00. The lowest BCUT2D eigenvalue weighted by Crippen LogP contribution is -2.24. The maximum Gasteiger partial charge on any atom is 0.193 e. The molecule has 3 aromatic rings. The highest BCUT2D eigenvalue weighted by atomic mass is 32.1. The lowest BCUT2D eigenvalue weighted by molar-refractivity contribution is 0.522. The highest BCUT2D eigenvalue weighted by Gasteiger charge is 2.15. The molecule has 0 radical (unpaired) electrons. The second kappa shape index (κ2) is 4.91. The third-order valence-corrected chi connectivity index (χ3v) is 3.63. The summed E-state index contributed by atoms with van der Waals surface area (Å²) in [5.74, 6) is 0.966. The van der Waals surface area contributed by atoms with E-state index in [4.69, 9.17) is 0 Å². The van der Waals surface area contributed by atoms with Crippen molar-refractivity contribution in [2.45, 2.75) is 19.4 Å². The van der Waals surface area contributed by atoms with Crippen LogP contribution in [0.3, 0.4) is 0 Å². The van der Waals surface area contributed by atoms with Crippen molar-refractivity contribution in [3.8, 4) is 0 Å². The molecule has 0 aromatic carbocycles. The van der Waals surface area contributed by atoms with Crippen LogP contribution in [0.1, 0.15) is 24.5 Å². The van der Waals surface area contributed by atoms with Gasteiger partial charge in [-0.1, -0.05) is 6.92 Å². The first kappa shape index (κ1) is 11.4. The predicted octanol–water partition coefficient (Wildman–Crippen LogP) is 2.01. The quantitative estimate of drug-likeness (QED) is 0.738. The number of nitrogens with zero attached hydrogens (tertiary/aromatic N) is 3. The van der Waals surface area contributed by atoms with Gasteiger partial charge in [0, 0.05) is 36.6 Å². The Hall–Kier alpha value is -1.66. The molecule has 94 valence electrons. The van der Waals surface area contributed by atoms with Crippen LogP contribution in [-0.4, -0.2) is 25.9 Å². The van der Waals surface area contributed by atoms with Crippen molar-refractivity contribution in [3.05, 3.63) is 41.7 Å². The van der Waals surface area contributed by atoms with Gasteiger partial charge in [0.05, 0.1) is 11.7 Å². The number of aromatic nitrogens is 4. The molecule has 18 heavy (non-hydrogen) atoms. The van der Waals surface area contributed by atoms with Gasteiger partial charge in [0.25, 0.3) is 0 Å². The van der Waals surface area contributed by atoms with E-state index in [0.717, 1.165) is 29.4 Å². The zero-order valence-corrected chi connectivity index (χ0v) is 10.9. The minimum absolute atomic E-state index is 0.189. The van der Waals surface area contributed by atoms with Gasteiger partial charge in [-0.2, -0.15) is 0 Å². The summed E-state index contributed by atoms with van der Waals surface area (Å²) in [6.07, 6.45) is 8.59. The lowest BCUT2D eigenvalue weighted by Gasteiger charge is -2.13. The molecule has 6 heteroatoms. The first-order valence-corrected chi connectivity index (χ1v) is 6.88. The molecule has 1 unspecified atom stereocenters. The average molecular weight is 261 g/mol. The summed E-state index contributed by atoms with van der Waals surface area (Å²) >= 11 is 1.65. The molecular weight excluding hydrogens is 246 g/mol. The van der Waals surface area contributed by atoms with Gasteiger partial charge in [-0.3, -0.25) is 4.40 Å². The van der Waals surface area contributed by atoms with Crippen LogP contribution in [0.25, 0.3) is 4.96 Å². The van der Waals surface area contributed by atoms with Gasteiger partial charge in [0.2, 0.25) is 0 Å². The summed E-state index contributed by atoms with van der Waals surface area (Å²) in [5, 5.41) is 5.47. The molecule has 1 atom stereocenters. The minimum atomic E-state index is 0.189. The standard InChI is InChI=1S/C12H15N5S/c1-2-13-10(11-14-3-4-15-11)7-9-8-17-5-6-18-12(17)16-9/h3-6,8,10,13H,2,7H2,1H3,(H,14,15). The Morgan fingerprint density at radius 2 is 2.50 bits per heavy atom. The number of likely N-dealkylation sites (N-methyl/N-ethyl adjacent to an activating group) is 1. The molecule has 0 spiro atoms. The number of imidazole rings is 2. The van der Waals surface area contributed by atoms with E-state index in [1.54, 1.807) is 17.5 Å². The Bertz CT molecular complexity index is 581. The Kier molecular flexibility index (Phi) is 3.12. The number of hydrogen-bond acceptors (Lipinski definition) is 4. The fraction of sp³-hybridized carbons (Fsp3) is 0.333. The van der Waals surface area contributed by atoms with Crippen LogP contribution >= 0.6 is 11.3 Å². The van der Waals surface area contributed by atoms with Gasteiger partial charge >= 0.3 is 0 Å². The number of rotatable bonds is 5. The lowest BCUT2D eigenvalue weighted by atomic mass is 10.1. The Balaban J connectivity index is 1.82. The topological polar surface area (TPSA) is 58.0 Å². The van der Waals surface area contributed by atoms with E-state index < -0.39 is 0 Å². The SMILES string of the molecule is CCNC(Cc1cn2ccsc2n1)c1ncc[nH]1. The van der Waals surface area contributed by atoms with Crippen LogP contribution in [0, 0.1) is 0 Å². The van der Waals surface area contributed by atoms with Crippen molar-refractivity contribution in [1.82, 2.24) is 24.7 Å². The number of H-pyrrole nitrogens is 1. The molecule has 3 heterocycles. The first-order chi connectivity index (χ1) is 8.86. The van der Waals surface area contributed by atoms with E-state index in [-0.39, 0.29) is 6.04 Å². The van der Waals surface area contributed by atoms with E-state index in [1.807, 2.05) is 17.8 Å². The largest absolute Gasteiger partial charge is 0.347 e. The molecule has 0 fully saturated rings. The molecule has 0 saturated heterocycles. The zero-order valence-electron chi connectivity index (χ0n) is 10.1. The number of hydrogen-bond donors (Lipinski definition) is 2. The number of thiazole rings is 1. The maximum atomic E-state index is 4.60. The highest BCUT2D eigenvalue weighted by Crippen LogP contribution is 2.17. The van der Waals surface area contributed by atoms with Crippen molar-refractivity contribution in [2.24, 2.45) is 0 Å². The second-order valence-electron chi connectivity index (χ2n) is 4.11. The van der Waals surface area contributed by atoms with E-state index in [9.17, 15) is 0 Å². The number of nitrogens with one attached hydrogen (secondary N) is 2. The predicted molar refractivity (Wildman–Crippen MR) is 71.8 cm³/mol. The molecular formula is C12H15N5S. The third kappa shape index (κ3) is 2.16. The molecule has 0 amide bonds. The van der Waals surface area contributed by atoms with Crippen LogP contribution in [0.2, 0.25) is 0 Å². The van der Waals surface area contributed by atoms with Gasteiger partial charge in [0.1, 0.15) is 5.82 Å². The summed E-state index contributed by atoms with van der Waals surface area (Å²) in [5.41, 5.74) is 1.09. The monoisotopic (exact) mass is 261 g/mol. The summed E-state index contributed by atoms with van der Waals surface area (Å²) in [6.45, 7) is 3.01. The molecule has 0 bridgehead atoms. The molecule has 3 rings (SSSR count). The van der Waals surface area contributed by atoms with Crippen molar-refractivity contribution in [2.75, 3.05) is 6.54 Å².